The second kappa shape index (κ2) is 6.56. The van der Waals surface area contributed by atoms with Gasteiger partial charge in [-0.25, -0.2) is 4.98 Å². The minimum atomic E-state index is -0.0462. The number of fused-ring (bicyclic) bond motifs is 3. The van der Waals surface area contributed by atoms with Crippen LogP contribution >= 0.6 is 11.3 Å². The van der Waals surface area contributed by atoms with E-state index in [1.165, 1.54) is 27.8 Å². The molecule has 6 heteroatoms. The Morgan fingerprint density at radius 3 is 2.68 bits per heavy atom. The van der Waals surface area contributed by atoms with Crippen LogP contribution in [0, 0.1) is 0 Å². The van der Waals surface area contributed by atoms with E-state index in [0.717, 1.165) is 42.3 Å². The van der Waals surface area contributed by atoms with Gasteiger partial charge in [0.05, 0.1) is 11.7 Å². The van der Waals surface area contributed by atoms with Crippen molar-refractivity contribution >= 4 is 27.5 Å². The summed E-state index contributed by atoms with van der Waals surface area (Å²) in [6.45, 7) is 4.31. The van der Waals surface area contributed by atoms with Crippen LogP contribution < -0.4 is 5.56 Å². The highest BCUT2D eigenvalue weighted by Gasteiger charge is 2.29. The van der Waals surface area contributed by atoms with E-state index in [1.54, 1.807) is 17.7 Å². The minimum Gasteiger partial charge on any atom is -0.336 e. The molecular weight excluding hydrogens is 334 g/mol. The third-order valence-corrected chi connectivity index (χ3v) is 6.93. The Kier molecular flexibility index (Phi) is 4.40. The number of hydrogen-bond donors (Lipinski definition) is 0. The van der Waals surface area contributed by atoms with Gasteiger partial charge in [0.1, 0.15) is 11.4 Å². The average molecular weight is 359 g/mol. The lowest BCUT2D eigenvalue weighted by atomic mass is 9.97. The Hall–Kier alpha value is -1.69. The molecule has 1 amide bonds. The van der Waals surface area contributed by atoms with Crippen molar-refractivity contribution in [3.8, 4) is 0 Å². The van der Waals surface area contributed by atoms with E-state index in [9.17, 15) is 9.59 Å². The van der Waals surface area contributed by atoms with E-state index in [0.29, 0.717) is 0 Å². The normalized spacial score (nSPS) is 23.7. The van der Waals surface area contributed by atoms with Gasteiger partial charge in [-0.1, -0.05) is 0 Å². The second-order valence-electron chi connectivity index (χ2n) is 7.50. The lowest BCUT2D eigenvalue weighted by Crippen LogP contribution is -2.49. The average Bonchev–Trinajstić information content (AvgIpc) is 2.96. The quantitative estimate of drug-likeness (QED) is 0.828. The number of hydrogen-bond acceptors (Lipinski definition) is 4. The van der Waals surface area contributed by atoms with Crippen molar-refractivity contribution in [3.05, 3.63) is 27.1 Å². The van der Waals surface area contributed by atoms with Crippen LogP contribution in [0.4, 0.5) is 0 Å². The Morgan fingerprint density at radius 2 is 1.92 bits per heavy atom. The van der Waals surface area contributed by atoms with E-state index >= 15 is 0 Å². The van der Waals surface area contributed by atoms with Gasteiger partial charge in [-0.05, 0) is 64.4 Å². The van der Waals surface area contributed by atoms with Crippen LogP contribution in [0.1, 0.15) is 56.4 Å². The van der Waals surface area contributed by atoms with Crippen LogP contribution in [0.15, 0.2) is 11.1 Å². The SMILES string of the molecule is C[C@@H]1CCC[C@H](C)N1C(=O)Cn1cnc2sc3c(c2c1=O)CCCC3. The number of amides is 1. The molecule has 25 heavy (non-hydrogen) atoms. The lowest BCUT2D eigenvalue weighted by molar-refractivity contribution is -0.138. The number of thiophene rings is 1. The fourth-order valence-corrected chi connectivity index (χ4v) is 5.65. The van der Waals surface area contributed by atoms with E-state index in [1.807, 2.05) is 4.90 Å². The van der Waals surface area contributed by atoms with Gasteiger partial charge in [-0.2, -0.15) is 0 Å². The highest BCUT2D eigenvalue weighted by atomic mass is 32.1. The highest BCUT2D eigenvalue weighted by Crippen LogP contribution is 2.33. The maximum atomic E-state index is 13.0. The molecule has 2 aromatic rings. The van der Waals surface area contributed by atoms with Crippen LogP contribution in [0.3, 0.4) is 0 Å². The zero-order chi connectivity index (χ0) is 17.6. The molecule has 0 bridgehead atoms. The molecule has 0 radical (unpaired) electrons. The Bertz CT molecular complexity index is 859. The van der Waals surface area contributed by atoms with E-state index in [2.05, 4.69) is 18.8 Å². The zero-order valence-corrected chi connectivity index (χ0v) is 15.8. The van der Waals surface area contributed by atoms with Crippen molar-refractivity contribution in [1.29, 1.82) is 0 Å². The second-order valence-corrected chi connectivity index (χ2v) is 8.58. The number of piperidine rings is 1. The number of carbonyl (C=O) groups excluding carboxylic acids is 1. The molecule has 2 atom stereocenters. The van der Waals surface area contributed by atoms with Gasteiger partial charge in [0.15, 0.2) is 0 Å². The molecule has 2 aliphatic rings. The first-order valence-corrected chi connectivity index (χ1v) is 10.2. The molecule has 1 saturated heterocycles. The van der Waals surface area contributed by atoms with Crippen LogP contribution in [0.25, 0.3) is 10.2 Å². The van der Waals surface area contributed by atoms with Gasteiger partial charge >= 0.3 is 0 Å². The molecular formula is C19H25N3O2S. The maximum Gasteiger partial charge on any atom is 0.262 e. The number of carbonyl (C=O) groups is 1. The fraction of sp³-hybridized carbons (Fsp3) is 0.632. The number of aryl methyl sites for hydroxylation is 2. The fourth-order valence-electron chi connectivity index (χ4n) is 4.43. The van der Waals surface area contributed by atoms with E-state index < -0.39 is 0 Å². The van der Waals surface area contributed by atoms with Gasteiger partial charge in [0.2, 0.25) is 5.91 Å². The molecule has 0 saturated carbocycles. The third-order valence-electron chi connectivity index (χ3n) is 5.73. The van der Waals surface area contributed by atoms with Gasteiger partial charge in [-0.15, -0.1) is 11.3 Å². The Balaban J connectivity index is 1.66. The standard InChI is InChI=1S/C19H25N3O2S/c1-12-6-5-7-13(2)22(12)16(23)10-21-11-20-18-17(19(21)24)14-8-3-4-9-15(14)25-18/h11-13H,3-10H2,1-2H3/t12-,13+. The summed E-state index contributed by atoms with van der Waals surface area (Å²) in [5.74, 6) is 0.0343. The first-order chi connectivity index (χ1) is 12.1. The molecule has 4 rings (SSSR count). The number of nitrogens with zero attached hydrogens (tertiary/aromatic N) is 3. The number of likely N-dealkylation sites (tertiary alicyclic amines) is 1. The van der Waals surface area contributed by atoms with E-state index in [-0.39, 0.29) is 30.1 Å². The Morgan fingerprint density at radius 1 is 1.20 bits per heavy atom. The van der Waals surface area contributed by atoms with Gasteiger partial charge < -0.3 is 4.90 Å². The summed E-state index contributed by atoms with van der Waals surface area (Å²) in [5, 5.41) is 0.759. The predicted octanol–water partition coefficient (Wildman–Crippen LogP) is 3.13. The molecule has 0 unspecified atom stereocenters. The van der Waals surface area contributed by atoms with Crippen LogP contribution in [-0.4, -0.2) is 32.4 Å². The van der Waals surface area contributed by atoms with Crippen molar-refractivity contribution in [2.24, 2.45) is 0 Å². The number of aromatic nitrogens is 2. The molecule has 2 aromatic heterocycles. The van der Waals surface area contributed by atoms with Crippen LogP contribution in [-0.2, 0) is 24.2 Å². The molecule has 0 spiro atoms. The van der Waals surface area contributed by atoms with Gasteiger partial charge in [-0.3, -0.25) is 14.2 Å². The Labute approximate surface area is 151 Å². The summed E-state index contributed by atoms with van der Waals surface area (Å²) in [7, 11) is 0. The first kappa shape index (κ1) is 16.8. The van der Waals surface area contributed by atoms with Crippen molar-refractivity contribution in [2.75, 3.05) is 0 Å². The summed E-state index contributed by atoms with van der Waals surface area (Å²) in [4.78, 5) is 34.4. The van der Waals surface area contributed by atoms with Gasteiger partial charge in [0.25, 0.3) is 5.56 Å². The molecule has 0 N–H and O–H groups in total. The summed E-state index contributed by atoms with van der Waals surface area (Å²) in [6, 6.07) is 0.495. The zero-order valence-electron chi connectivity index (χ0n) is 15.0. The number of rotatable bonds is 2. The molecule has 3 heterocycles. The molecule has 0 aromatic carbocycles. The smallest absolute Gasteiger partial charge is 0.262 e. The first-order valence-electron chi connectivity index (χ1n) is 9.37. The van der Waals surface area contributed by atoms with Crippen LogP contribution in [0.5, 0.6) is 0 Å². The van der Waals surface area contributed by atoms with Crippen LogP contribution in [0.2, 0.25) is 0 Å². The molecule has 1 fully saturated rings. The summed E-state index contributed by atoms with van der Waals surface area (Å²) in [5.41, 5.74) is 1.14. The summed E-state index contributed by atoms with van der Waals surface area (Å²) >= 11 is 1.65. The van der Waals surface area contributed by atoms with E-state index in [4.69, 9.17) is 0 Å². The van der Waals surface area contributed by atoms with Crippen molar-refractivity contribution in [1.82, 2.24) is 14.5 Å². The van der Waals surface area contributed by atoms with Crippen molar-refractivity contribution < 1.29 is 4.79 Å². The van der Waals surface area contributed by atoms with Gasteiger partial charge in [0, 0.05) is 17.0 Å². The maximum absolute atomic E-state index is 13.0. The lowest BCUT2D eigenvalue weighted by Gasteiger charge is -2.39. The summed E-state index contributed by atoms with van der Waals surface area (Å²) < 4.78 is 1.51. The predicted molar refractivity (Wildman–Crippen MR) is 100 cm³/mol. The molecule has 5 nitrogen and oxygen atoms in total. The molecule has 134 valence electrons. The molecule has 1 aliphatic heterocycles. The monoisotopic (exact) mass is 359 g/mol. The largest absolute Gasteiger partial charge is 0.336 e. The highest BCUT2D eigenvalue weighted by molar-refractivity contribution is 7.18. The topological polar surface area (TPSA) is 55.2 Å². The molecule has 1 aliphatic carbocycles. The van der Waals surface area contributed by atoms with Crippen molar-refractivity contribution in [2.45, 2.75) is 77.4 Å². The minimum absolute atomic E-state index is 0.0343. The van der Waals surface area contributed by atoms with Crippen molar-refractivity contribution in [3.63, 3.8) is 0 Å². The summed E-state index contributed by atoms with van der Waals surface area (Å²) in [6.07, 6.45) is 9.15. The third kappa shape index (κ3) is 2.90.